The molecule has 0 bridgehead atoms. The van der Waals surface area contributed by atoms with E-state index < -0.39 is 5.41 Å². The predicted molar refractivity (Wildman–Crippen MR) is 94.0 cm³/mol. The normalized spacial score (nSPS) is 12.3. The second-order valence-corrected chi connectivity index (χ2v) is 8.11. The third-order valence-corrected chi connectivity index (χ3v) is 4.20. The zero-order valence-corrected chi connectivity index (χ0v) is 15.3. The van der Waals surface area contributed by atoms with Crippen LogP contribution < -0.4 is 0 Å². The Morgan fingerprint density at radius 3 is 2.09 bits per heavy atom. The van der Waals surface area contributed by atoms with Gasteiger partial charge in [-0.1, -0.05) is 52.8 Å². The van der Waals surface area contributed by atoms with Crippen molar-refractivity contribution in [3.05, 3.63) is 29.3 Å². The monoisotopic (exact) mass is 318 g/mol. The maximum Gasteiger partial charge on any atom is 0.133 e. The fourth-order valence-electron chi connectivity index (χ4n) is 2.91. The summed E-state index contributed by atoms with van der Waals surface area (Å²) >= 11 is 0. The lowest BCUT2D eigenvalue weighted by Gasteiger charge is -2.29. The van der Waals surface area contributed by atoms with Crippen LogP contribution in [0.4, 0.5) is 0 Å². The number of para-hydroxylation sites is 1. The molecule has 3 nitrogen and oxygen atoms in total. The molecule has 0 saturated heterocycles. The van der Waals surface area contributed by atoms with Gasteiger partial charge in [0.1, 0.15) is 17.3 Å². The third-order valence-electron chi connectivity index (χ3n) is 4.20. The summed E-state index contributed by atoms with van der Waals surface area (Å²) in [5, 5.41) is 10.7. The maximum absolute atomic E-state index is 12.2. The highest BCUT2D eigenvalue weighted by Crippen LogP contribution is 2.40. The molecule has 23 heavy (non-hydrogen) atoms. The van der Waals surface area contributed by atoms with Crippen LogP contribution in [0.5, 0.6) is 5.75 Å². The quantitative estimate of drug-likeness (QED) is 0.793. The van der Waals surface area contributed by atoms with Crippen molar-refractivity contribution < 1.29 is 14.7 Å². The van der Waals surface area contributed by atoms with E-state index >= 15 is 0 Å². The molecule has 3 heteroatoms. The first kappa shape index (κ1) is 19.4. The summed E-state index contributed by atoms with van der Waals surface area (Å²) in [4.78, 5) is 23.2. The lowest BCUT2D eigenvalue weighted by atomic mass is 9.76. The van der Waals surface area contributed by atoms with Crippen molar-refractivity contribution in [1.82, 2.24) is 0 Å². The number of benzene rings is 1. The molecule has 0 spiro atoms. The van der Waals surface area contributed by atoms with Crippen LogP contribution in [-0.2, 0) is 20.4 Å². The Kier molecular flexibility index (Phi) is 6.15. The third kappa shape index (κ3) is 5.49. The molecular formula is C20H30O3. The molecule has 0 aliphatic carbocycles. The SMILES string of the molecule is CC(=O)CCCC(=O)CC(C)(C)c1cccc(C(C)(C)C)c1O. The minimum absolute atomic E-state index is 0.118. The number of ketones is 2. The van der Waals surface area contributed by atoms with Gasteiger partial charge in [-0.25, -0.2) is 0 Å². The first-order valence-electron chi connectivity index (χ1n) is 8.29. The van der Waals surface area contributed by atoms with Gasteiger partial charge >= 0.3 is 0 Å². The summed E-state index contributed by atoms with van der Waals surface area (Å²) in [6, 6.07) is 5.77. The molecular weight excluding hydrogens is 288 g/mol. The molecule has 1 aromatic carbocycles. The van der Waals surface area contributed by atoms with E-state index in [0.29, 0.717) is 31.4 Å². The Hall–Kier alpha value is -1.64. The van der Waals surface area contributed by atoms with Crippen molar-refractivity contribution >= 4 is 11.6 Å². The van der Waals surface area contributed by atoms with Gasteiger partial charge in [0.25, 0.3) is 0 Å². The zero-order valence-electron chi connectivity index (χ0n) is 15.3. The number of phenolic OH excluding ortho intramolecular Hbond substituents is 1. The van der Waals surface area contributed by atoms with Crippen molar-refractivity contribution in [3.8, 4) is 5.75 Å². The Balaban J connectivity index is 2.92. The summed E-state index contributed by atoms with van der Waals surface area (Å²) in [7, 11) is 0. The number of rotatable bonds is 7. The van der Waals surface area contributed by atoms with E-state index in [9.17, 15) is 14.7 Å². The first-order chi connectivity index (χ1) is 10.4. The van der Waals surface area contributed by atoms with Gasteiger partial charge in [0.05, 0.1) is 0 Å². The van der Waals surface area contributed by atoms with E-state index in [-0.39, 0.29) is 17.0 Å². The van der Waals surface area contributed by atoms with Gasteiger partial charge in [-0.05, 0) is 24.3 Å². The molecule has 0 amide bonds. The van der Waals surface area contributed by atoms with Crippen LogP contribution >= 0.6 is 0 Å². The Bertz CT molecular complexity index is 577. The van der Waals surface area contributed by atoms with E-state index in [0.717, 1.165) is 11.1 Å². The van der Waals surface area contributed by atoms with Crippen LogP contribution in [0, 0.1) is 0 Å². The number of carbonyl (C=O) groups excluding carboxylic acids is 2. The Morgan fingerprint density at radius 2 is 1.57 bits per heavy atom. The van der Waals surface area contributed by atoms with Gasteiger partial charge in [0.15, 0.2) is 0 Å². The Morgan fingerprint density at radius 1 is 1.00 bits per heavy atom. The van der Waals surface area contributed by atoms with Crippen molar-refractivity contribution in [3.63, 3.8) is 0 Å². The highest BCUT2D eigenvalue weighted by molar-refractivity contribution is 5.81. The van der Waals surface area contributed by atoms with E-state index in [2.05, 4.69) is 20.8 Å². The van der Waals surface area contributed by atoms with Crippen molar-refractivity contribution in [2.75, 3.05) is 0 Å². The molecule has 0 heterocycles. The van der Waals surface area contributed by atoms with Gasteiger partial charge in [0.2, 0.25) is 0 Å². The molecule has 0 saturated carbocycles. The molecule has 0 unspecified atom stereocenters. The van der Waals surface area contributed by atoms with Gasteiger partial charge in [-0.2, -0.15) is 0 Å². The minimum Gasteiger partial charge on any atom is -0.507 e. The average molecular weight is 318 g/mol. The fourth-order valence-corrected chi connectivity index (χ4v) is 2.91. The summed E-state index contributed by atoms with van der Waals surface area (Å²) in [5.41, 5.74) is 1.12. The molecule has 0 atom stereocenters. The molecule has 0 aromatic heterocycles. The molecule has 0 aliphatic rings. The second kappa shape index (κ2) is 7.29. The molecule has 1 rings (SSSR count). The predicted octanol–water partition coefficient (Wildman–Crippen LogP) is 4.69. The first-order valence-corrected chi connectivity index (χ1v) is 8.29. The number of Topliss-reactive ketones (excluding diaryl/α,β-unsaturated/α-hetero) is 2. The summed E-state index contributed by atoms with van der Waals surface area (Å²) < 4.78 is 0. The molecule has 128 valence electrons. The van der Waals surface area contributed by atoms with E-state index in [4.69, 9.17) is 0 Å². The van der Waals surface area contributed by atoms with Crippen molar-refractivity contribution in [2.24, 2.45) is 0 Å². The lowest BCUT2D eigenvalue weighted by Crippen LogP contribution is -2.23. The highest BCUT2D eigenvalue weighted by Gasteiger charge is 2.29. The van der Waals surface area contributed by atoms with Crippen molar-refractivity contribution in [2.45, 2.75) is 78.1 Å². The number of hydrogen-bond donors (Lipinski definition) is 1. The van der Waals surface area contributed by atoms with E-state index in [1.165, 1.54) is 0 Å². The highest BCUT2D eigenvalue weighted by atomic mass is 16.3. The van der Waals surface area contributed by atoms with Crippen LogP contribution in [0.25, 0.3) is 0 Å². The Labute approximate surface area is 140 Å². The van der Waals surface area contributed by atoms with Crippen LogP contribution in [0.3, 0.4) is 0 Å². The number of phenols is 1. The van der Waals surface area contributed by atoms with Crippen LogP contribution in [0.2, 0.25) is 0 Å². The lowest BCUT2D eigenvalue weighted by molar-refractivity contribution is -0.120. The number of carbonyl (C=O) groups is 2. The van der Waals surface area contributed by atoms with Crippen LogP contribution in [-0.4, -0.2) is 16.7 Å². The van der Waals surface area contributed by atoms with Crippen LogP contribution in [0.1, 0.15) is 78.4 Å². The van der Waals surface area contributed by atoms with E-state index in [1.54, 1.807) is 6.92 Å². The average Bonchev–Trinajstić information content (AvgIpc) is 2.35. The van der Waals surface area contributed by atoms with Gasteiger partial charge in [-0.15, -0.1) is 0 Å². The summed E-state index contributed by atoms with van der Waals surface area (Å²) in [6.07, 6.45) is 1.85. The smallest absolute Gasteiger partial charge is 0.133 e. The molecule has 0 fully saturated rings. The topological polar surface area (TPSA) is 54.4 Å². The summed E-state index contributed by atoms with van der Waals surface area (Å²) in [5.74, 6) is 0.547. The van der Waals surface area contributed by atoms with Gasteiger partial charge in [0, 0.05) is 30.2 Å². The molecule has 1 N–H and O–H groups in total. The molecule has 0 aliphatic heterocycles. The van der Waals surface area contributed by atoms with Gasteiger partial charge in [-0.3, -0.25) is 4.79 Å². The molecule has 0 radical (unpaired) electrons. The van der Waals surface area contributed by atoms with Crippen molar-refractivity contribution in [1.29, 1.82) is 0 Å². The van der Waals surface area contributed by atoms with Gasteiger partial charge < -0.3 is 9.90 Å². The largest absolute Gasteiger partial charge is 0.507 e. The summed E-state index contributed by atoms with van der Waals surface area (Å²) in [6.45, 7) is 11.7. The zero-order chi connectivity index (χ0) is 17.8. The maximum atomic E-state index is 12.2. The second-order valence-electron chi connectivity index (χ2n) is 8.11. The molecule has 1 aromatic rings. The standard InChI is InChI=1S/C20H30O3/c1-14(21)9-7-10-15(22)13-20(5,6)17-12-8-11-16(18(17)23)19(2,3)4/h8,11-12,23H,7,9-10,13H2,1-6H3. The minimum atomic E-state index is -0.432. The number of aromatic hydroxyl groups is 1. The number of hydrogen-bond acceptors (Lipinski definition) is 3. The van der Waals surface area contributed by atoms with Crippen LogP contribution in [0.15, 0.2) is 18.2 Å². The van der Waals surface area contributed by atoms with E-state index in [1.807, 2.05) is 32.0 Å². The fraction of sp³-hybridized carbons (Fsp3) is 0.600.